The number of esters is 1. The van der Waals surface area contributed by atoms with Gasteiger partial charge in [0, 0.05) is 31.4 Å². The zero-order valence-electron chi connectivity index (χ0n) is 11.9. The highest BCUT2D eigenvalue weighted by atomic mass is 16.5. The lowest BCUT2D eigenvalue weighted by Gasteiger charge is -2.39. The fraction of sp³-hybridized carbons (Fsp3) is 0.533. The Hall–Kier alpha value is -1.55. The Morgan fingerprint density at radius 1 is 1.32 bits per heavy atom. The number of carbonyl (C=O) groups is 1. The molecule has 0 unspecified atom stereocenters. The predicted molar refractivity (Wildman–Crippen MR) is 76.7 cm³/mol. The van der Waals surface area contributed by atoms with Crippen molar-refractivity contribution in [3.8, 4) is 0 Å². The van der Waals surface area contributed by atoms with Gasteiger partial charge >= 0.3 is 5.97 Å². The van der Waals surface area contributed by atoms with Crippen LogP contribution in [0.5, 0.6) is 0 Å². The number of anilines is 1. The molecule has 104 valence electrons. The monoisotopic (exact) mass is 262 g/mol. The van der Waals surface area contributed by atoms with Gasteiger partial charge in [0.05, 0.1) is 12.2 Å². The van der Waals surface area contributed by atoms with Gasteiger partial charge < -0.3 is 14.5 Å². The summed E-state index contributed by atoms with van der Waals surface area (Å²) in [6.45, 7) is 7.59. The molecular weight excluding hydrogens is 240 g/mol. The van der Waals surface area contributed by atoms with Crippen molar-refractivity contribution >= 4 is 11.7 Å². The van der Waals surface area contributed by atoms with E-state index in [9.17, 15) is 4.79 Å². The number of piperazine rings is 1. The highest BCUT2D eigenvalue weighted by molar-refractivity contribution is 5.89. The molecule has 0 spiro atoms. The second-order valence-corrected chi connectivity index (χ2v) is 5.04. The average molecular weight is 262 g/mol. The first-order chi connectivity index (χ1) is 9.11. The Balaban J connectivity index is 2.04. The predicted octanol–water partition coefficient (Wildman–Crippen LogP) is 2.00. The molecule has 0 amide bonds. The summed E-state index contributed by atoms with van der Waals surface area (Å²) in [7, 11) is 2.16. The van der Waals surface area contributed by atoms with Gasteiger partial charge in [-0.2, -0.15) is 0 Å². The standard InChI is InChI=1S/C15H22N2O2/c1-4-19-15(18)13-5-7-14(8-6-13)17-10-9-16(3)12(2)11-17/h5-8,12H,4,9-11H2,1-3H3/t12-/m1/s1. The molecule has 1 saturated heterocycles. The maximum Gasteiger partial charge on any atom is 0.338 e. The Bertz CT molecular complexity index is 430. The molecule has 0 N–H and O–H groups in total. The Kier molecular flexibility index (Phi) is 4.43. The lowest BCUT2D eigenvalue weighted by atomic mass is 10.1. The summed E-state index contributed by atoms with van der Waals surface area (Å²) >= 11 is 0. The van der Waals surface area contributed by atoms with E-state index in [1.165, 1.54) is 5.69 Å². The van der Waals surface area contributed by atoms with Crippen molar-refractivity contribution in [2.45, 2.75) is 19.9 Å². The molecule has 4 nitrogen and oxygen atoms in total. The van der Waals surface area contributed by atoms with Crippen LogP contribution in [0.2, 0.25) is 0 Å². The number of nitrogens with zero attached hydrogens (tertiary/aromatic N) is 2. The van der Waals surface area contributed by atoms with E-state index in [1.54, 1.807) is 0 Å². The smallest absolute Gasteiger partial charge is 0.338 e. The normalized spacial score (nSPS) is 20.4. The zero-order valence-corrected chi connectivity index (χ0v) is 11.9. The van der Waals surface area contributed by atoms with Gasteiger partial charge in [0.15, 0.2) is 0 Å². The van der Waals surface area contributed by atoms with Crippen LogP contribution < -0.4 is 4.90 Å². The van der Waals surface area contributed by atoms with Crippen molar-refractivity contribution in [2.75, 3.05) is 38.2 Å². The van der Waals surface area contributed by atoms with Gasteiger partial charge in [-0.1, -0.05) is 0 Å². The van der Waals surface area contributed by atoms with E-state index < -0.39 is 0 Å². The van der Waals surface area contributed by atoms with Gasteiger partial charge in [-0.25, -0.2) is 4.79 Å². The Morgan fingerprint density at radius 2 is 2.00 bits per heavy atom. The van der Waals surface area contributed by atoms with Crippen LogP contribution in [0.3, 0.4) is 0 Å². The number of likely N-dealkylation sites (N-methyl/N-ethyl adjacent to an activating group) is 1. The van der Waals surface area contributed by atoms with Gasteiger partial charge in [-0.3, -0.25) is 0 Å². The number of hydrogen-bond donors (Lipinski definition) is 0. The van der Waals surface area contributed by atoms with Crippen LogP contribution in [0.25, 0.3) is 0 Å². The first-order valence-electron chi connectivity index (χ1n) is 6.84. The molecule has 0 aliphatic carbocycles. The topological polar surface area (TPSA) is 32.8 Å². The summed E-state index contributed by atoms with van der Waals surface area (Å²) in [5.74, 6) is -0.249. The number of carbonyl (C=O) groups excluding carboxylic acids is 1. The first-order valence-corrected chi connectivity index (χ1v) is 6.84. The molecule has 0 radical (unpaired) electrons. The number of benzene rings is 1. The lowest BCUT2D eigenvalue weighted by Crippen LogP contribution is -2.50. The van der Waals surface area contributed by atoms with E-state index >= 15 is 0 Å². The third-order valence-corrected chi connectivity index (χ3v) is 3.70. The zero-order chi connectivity index (χ0) is 13.8. The number of ether oxygens (including phenoxy) is 1. The van der Waals surface area contributed by atoms with Gasteiger partial charge in [0.1, 0.15) is 0 Å². The second kappa shape index (κ2) is 6.06. The molecule has 0 saturated carbocycles. The maximum atomic E-state index is 11.6. The lowest BCUT2D eigenvalue weighted by molar-refractivity contribution is 0.0526. The van der Waals surface area contributed by atoms with E-state index in [1.807, 2.05) is 31.2 Å². The van der Waals surface area contributed by atoms with Crippen molar-refractivity contribution in [3.05, 3.63) is 29.8 Å². The van der Waals surface area contributed by atoms with Crippen LogP contribution in [0, 0.1) is 0 Å². The van der Waals surface area contributed by atoms with Crippen LogP contribution in [0.15, 0.2) is 24.3 Å². The van der Waals surface area contributed by atoms with E-state index in [2.05, 4.69) is 23.8 Å². The molecule has 1 fully saturated rings. The number of hydrogen-bond acceptors (Lipinski definition) is 4. The summed E-state index contributed by atoms with van der Waals surface area (Å²) in [4.78, 5) is 16.3. The molecular formula is C15H22N2O2. The van der Waals surface area contributed by atoms with Crippen LogP contribution in [-0.2, 0) is 4.74 Å². The third kappa shape index (κ3) is 3.26. The largest absolute Gasteiger partial charge is 0.462 e. The Morgan fingerprint density at radius 3 is 2.58 bits per heavy atom. The summed E-state index contributed by atoms with van der Waals surface area (Å²) in [5, 5.41) is 0. The molecule has 0 bridgehead atoms. The maximum absolute atomic E-state index is 11.6. The van der Waals surface area contributed by atoms with Crippen molar-refractivity contribution in [3.63, 3.8) is 0 Å². The van der Waals surface area contributed by atoms with Gasteiger partial charge in [0.2, 0.25) is 0 Å². The third-order valence-electron chi connectivity index (χ3n) is 3.70. The van der Waals surface area contributed by atoms with E-state index in [0.29, 0.717) is 18.2 Å². The average Bonchev–Trinajstić information content (AvgIpc) is 2.42. The van der Waals surface area contributed by atoms with E-state index in [4.69, 9.17) is 4.74 Å². The van der Waals surface area contributed by atoms with Crippen LogP contribution in [-0.4, -0.2) is 50.2 Å². The van der Waals surface area contributed by atoms with Crippen molar-refractivity contribution in [1.29, 1.82) is 0 Å². The van der Waals surface area contributed by atoms with Crippen LogP contribution in [0.1, 0.15) is 24.2 Å². The summed E-state index contributed by atoms with van der Waals surface area (Å²) in [6.07, 6.45) is 0. The van der Waals surface area contributed by atoms with E-state index in [0.717, 1.165) is 19.6 Å². The van der Waals surface area contributed by atoms with Crippen LogP contribution >= 0.6 is 0 Å². The van der Waals surface area contributed by atoms with Crippen LogP contribution in [0.4, 0.5) is 5.69 Å². The van der Waals surface area contributed by atoms with Gasteiger partial charge in [0.25, 0.3) is 0 Å². The molecule has 2 rings (SSSR count). The SMILES string of the molecule is CCOC(=O)c1ccc(N2CCN(C)[C@H](C)C2)cc1. The van der Waals surface area contributed by atoms with Gasteiger partial charge in [-0.05, 0) is 45.2 Å². The molecule has 19 heavy (non-hydrogen) atoms. The van der Waals surface area contributed by atoms with Crippen molar-refractivity contribution in [1.82, 2.24) is 4.90 Å². The molecule has 1 atom stereocenters. The summed E-state index contributed by atoms with van der Waals surface area (Å²) in [5.41, 5.74) is 1.79. The highest BCUT2D eigenvalue weighted by Crippen LogP contribution is 2.19. The number of rotatable bonds is 3. The fourth-order valence-electron chi connectivity index (χ4n) is 2.31. The first kappa shape index (κ1) is 13.9. The quantitative estimate of drug-likeness (QED) is 0.780. The molecule has 1 aromatic carbocycles. The van der Waals surface area contributed by atoms with Crippen molar-refractivity contribution < 1.29 is 9.53 Å². The minimum absolute atomic E-state index is 0.249. The summed E-state index contributed by atoms with van der Waals surface area (Å²) < 4.78 is 4.99. The molecule has 1 aromatic rings. The molecule has 1 aliphatic rings. The Labute approximate surface area is 115 Å². The molecule has 1 heterocycles. The van der Waals surface area contributed by atoms with Gasteiger partial charge in [-0.15, -0.1) is 0 Å². The molecule has 0 aromatic heterocycles. The molecule has 4 heteroatoms. The van der Waals surface area contributed by atoms with E-state index in [-0.39, 0.29) is 5.97 Å². The second-order valence-electron chi connectivity index (χ2n) is 5.04. The summed E-state index contributed by atoms with van der Waals surface area (Å²) in [6, 6.07) is 8.25. The van der Waals surface area contributed by atoms with Crippen molar-refractivity contribution in [2.24, 2.45) is 0 Å². The highest BCUT2D eigenvalue weighted by Gasteiger charge is 2.20. The minimum atomic E-state index is -0.249. The molecule has 1 aliphatic heterocycles. The fourth-order valence-corrected chi connectivity index (χ4v) is 2.31. The minimum Gasteiger partial charge on any atom is -0.462 e.